The number of non-ortho nitro benzene ring substituents is 1. The van der Waals surface area contributed by atoms with Crippen molar-refractivity contribution in [2.75, 3.05) is 11.1 Å². The van der Waals surface area contributed by atoms with Crippen molar-refractivity contribution in [1.82, 2.24) is 0 Å². The number of benzene rings is 2. The number of hydrogen-bond acceptors (Lipinski definition) is 4. The average molecular weight is 394 g/mol. The number of rotatable bonds is 1. The van der Waals surface area contributed by atoms with Crippen LogP contribution in [-0.2, 0) is 22.6 Å². The third kappa shape index (κ3) is 2.40. The zero-order valence-corrected chi connectivity index (χ0v) is 16.7. The molecular weight excluding hydrogens is 372 g/mol. The molecule has 3 atom stereocenters. The predicted molar refractivity (Wildman–Crippen MR) is 112 cm³/mol. The topological polar surface area (TPSA) is 72.2 Å². The largest absolute Gasteiger partial charge is 0.378 e. The molecule has 2 aromatic rings. The minimum Gasteiger partial charge on any atom is -0.378 e. The van der Waals surface area contributed by atoms with E-state index in [9.17, 15) is 14.3 Å². The lowest BCUT2D eigenvalue weighted by Gasteiger charge is -2.50. The van der Waals surface area contributed by atoms with Crippen LogP contribution in [0.2, 0.25) is 0 Å². The normalized spacial score (nSPS) is 27.0. The smallest absolute Gasteiger partial charge is 0.269 e. The van der Waals surface area contributed by atoms with Gasteiger partial charge < -0.3 is 5.32 Å². The minimum atomic E-state index is -1.07. The maximum Gasteiger partial charge on any atom is 0.269 e. The first-order chi connectivity index (χ1) is 13.4. The lowest BCUT2D eigenvalue weighted by molar-refractivity contribution is -0.385. The van der Waals surface area contributed by atoms with Crippen molar-refractivity contribution in [3.63, 3.8) is 0 Å². The fourth-order valence-electron chi connectivity index (χ4n) is 5.15. The van der Waals surface area contributed by atoms with Gasteiger partial charge in [0.05, 0.1) is 21.8 Å². The SMILES string of the molecule is CC1(C)c2cc([N+](=O)[O-])ccc2NC2C3=C(c4ccccc4CC3)S(=O)CC21. The quantitative estimate of drug-likeness (QED) is 0.575. The number of hydrogen-bond donors (Lipinski definition) is 1. The molecular formula is C22H22N2O3S. The number of anilines is 1. The van der Waals surface area contributed by atoms with Crippen molar-refractivity contribution >= 4 is 27.1 Å². The van der Waals surface area contributed by atoms with Gasteiger partial charge in [-0.1, -0.05) is 38.1 Å². The summed E-state index contributed by atoms with van der Waals surface area (Å²) in [6, 6.07) is 13.5. The van der Waals surface area contributed by atoms with E-state index in [1.54, 1.807) is 12.1 Å². The molecule has 2 aliphatic heterocycles. The Morgan fingerprint density at radius 1 is 1.18 bits per heavy atom. The second kappa shape index (κ2) is 6.01. The summed E-state index contributed by atoms with van der Waals surface area (Å²) in [7, 11) is -1.07. The van der Waals surface area contributed by atoms with Crippen LogP contribution in [0, 0.1) is 16.0 Å². The van der Waals surface area contributed by atoms with Crippen LogP contribution in [0.25, 0.3) is 4.91 Å². The molecule has 5 nitrogen and oxygen atoms in total. The van der Waals surface area contributed by atoms with Crippen LogP contribution in [0.3, 0.4) is 0 Å². The van der Waals surface area contributed by atoms with Crippen molar-refractivity contribution in [2.45, 2.75) is 38.1 Å². The van der Waals surface area contributed by atoms with Gasteiger partial charge in [0.1, 0.15) is 0 Å². The molecule has 144 valence electrons. The molecule has 1 aliphatic carbocycles. The second-order valence-electron chi connectivity index (χ2n) is 8.46. The summed E-state index contributed by atoms with van der Waals surface area (Å²) < 4.78 is 13.3. The van der Waals surface area contributed by atoms with Crippen LogP contribution in [0.4, 0.5) is 11.4 Å². The molecule has 6 heteroatoms. The first-order valence-corrected chi connectivity index (χ1v) is 10.9. The van der Waals surface area contributed by atoms with Gasteiger partial charge in [0.15, 0.2) is 0 Å². The van der Waals surface area contributed by atoms with Gasteiger partial charge in [-0.25, -0.2) is 0 Å². The summed E-state index contributed by atoms with van der Waals surface area (Å²) in [5.41, 5.74) is 5.37. The standard InChI is InChI=1S/C22H22N2O3S/c1-22(2)17-11-14(24(25)26)8-10-19(17)23-20-16-9-7-13-5-3-4-6-15(13)21(16)28(27)12-18(20)22/h3-6,8,10-11,18,20,23H,7,9,12H2,1-2H3. The maximum absolute atomic E-state index is 13.3. The van der Waals surface area contributed by atoms with Crippen LogP contribution in [0.5, 0.6) is 0 Å². The Hall–Kier alpha value is -2.47. The molecule has 0 bridgehead atoms. The van der Waals surface area contributed by atoms with Crippen molar-refractivity contribution < 1.29 is 9.13 Å². The summed E-state index contributed by atoms with van der Waals surface area (Å²) in [6.45, 7) is 4.27. The molecule has 0 aromatic heterocycles. The van der Waals surface area contributed by atoms with Crippen molar-refractivity contribution in [1.29, 1.82) is 0 Å². The van der Waals surface area contributed by atoms with Crippen molar-refractivity contribution in [3.05, 3.63) is 74.8 Å². The van der Waals surface area contributed by atoms with Crippen molar-refractivity contribution in [2.24, 2.45) is 5.92 Å². The molecule has 0 radical (unpaired) electrons. The van der Waals surface area contributed by atoms with E-state index >= 15 is 0 Å². The highest BCUT2D eigenvalue weighted by atomic mass is 32.2. The molecule has 3 unspecified atom stereocenters. The highest BCUT2D eigenvalue weighted by molar-refractivity contribution is 7.94. The van der Waals surface area contributed by atoms with E-state index in [0.29, 0.717) is 5.75 Å². The number of nitro benzene ring substituents is 1. The molecule has 3 aliphatic rings. The van der Waals surface area contributed by atoms with E-state index in [2.05, 4.69) is 31.3 Å². The zero-order chi connectivity index (χ0) is 19.6. The van der Waals surface area contributed by atoms with E-state index in [1.807, 2.05) is 18.2 Å². The third-order valence-corrected chi connectivity index (χ3v) is 8.30. The first-order valence-electron chi connectivity index (χ1n) is 9.63. The Bertz CT molecular complexity index is 1070. The number of nitro groups is 1. The minimum absolute atomic E-state index is 0.107. The zero-order valence-electron chi connectivity index (χ0n) is 15.9. The summed E-state index contributed by atoms with van der Waals surface area (Å²) in [5, 5.41) is 14.9. The van der Waals surface area contributed by atoms with E-state index in [1.165, 1.54) is 11.1 Å². The number of aryl methyl sites for hydroxylation is 1. The Labute approximate surface area is 166 Å². The molecule has 1 N–H and O–H groups in total. The molecule has 0 saturated carbocycles. The first kappa shape index (κ1) is 17.6. The third-order valence-electron chi connectivity index (χ3n) is 6.70. The van der Waals surface area contributed by atoms with Crippen LogP contribution < -0.4 is 5.32 Å². The van der Waals surface area contributed by atoms with E-state index in [-0.39, 0.29) is 28.0 Å². The lowest BCUT2D eigenvalue weighted by Crippen LogP contribution is -2.52. The number of nitrogens with one attached hydrogen (secondary N) is 1. The monoisotopic (exact) mass is 394 g/mol. The fraction of sp³-hybridized carbons (Fsp3) is 0.364. The molecule has 28 heavy (non-hydrogen) atoms. The van der Waals surface area contributed by atoms with Crippen molar-refractivity contribution in [3.8, 4) is 0 Å². The Kier molecular flexibility index (Phi) is 3.78. The van der Waals surface area contributed by atoms with Crippen LogP contribution in [0.1, 0.15) is 37.0 Å². The Morgan fingerprint density at radius 3 is 2.75 bits per heavy atom. The molecule has 2 heterocycles. The summed E-state index contributed by atoms with van der Waals surface area (Å²) >= 11 is 0. The van der Waals surface area contributed by atoms with E-state index in [4.69, 9.17) is 0 Å². The molecule has 0 amide bonds. The second-order valence-corrected chi connectivity index (χ2v) is 9.89. The lowest BCUT2D eigenvalue weighted by atomic mass is 9.65. The van der Waals surface area contributed by atoms with Gasteiger partial charge in [0.2, 0.25) is 0 Å². The van der Waals surface area contributed by atoms with E-state index < -0.39 is 10.8 Å². The van der Waals surface area contributed by atoms with Gasteiger partial charge in [0, 0.05) is 34.4 Å². The molecule has 0 fully saturated rings. The highest BCUT2D eigenvalue weighted by Crippen LogP contribution is 2.51. The Morgan fingerprint density at radius 2 is 1.96 bits per heavy atom. The molecule has 5 rings (SSSR count). The van der Waals surface area contributed by atoms with Crippen LogP contribution in [-0.4, -0.2) is 20.9 Å². The van der Waals surface area contributed by atoms with Gasteiger partial charge in [-0.15, -0.1) is 0 Å². The summed E-state index contributed by atoms with van der Waals surface area (Å²) in [4.78, 5) is 11.9. The van der Waals surface area contributed by atoms with Crippen LogP contribution >= 0.6 is 0 Å². The summed E-state index contributed by atoms with van der Waals surface area (Å²) in [6.07, 6.45) is 1.87. The van der Waals surface area contributed by atoms with Gasteiger partial charge >= 0.3 is 0 Å². The molecule has 2 aromatic carbocycles. The average Bonchev–Trinajstić information content (AvgIpc) is 2.68. The Balaban J connectivity index is 1.67. The number of nitrogens with zero attached hydrogens (tertiary/aromatic N) is 1. The van der Waals surface area contributed by atoms with E-state index in [0.717, 1.165) is 34.6 Å². The maximum atomic E-state index is 13.3. The van der Waals surface area contributed by atoms with Gasteiger partial charge in [-0.3, -0.25) is 14.3 Å². The van der Waals surface area contributed by atoms with Crippen LogP contribution in [0.15, 0.2) is 48.0 Å². The summed E-state index contributed by atoms with van der Waals surface area (Å²) in [5.74, 6) is 0.701. The molecule has 0 saturated heterocycles. The molecule has 0 spiro atoms. The van der Waals surface area contributed by atoms with Gasteiger partial charge in [0.25, 0.3) is 5.69 Å². The fourth-order valence-corrected chi connectivity index (χ4v) is 7.22. The van der Waals surface area contributed by atoms with Gasteiger partial charge in [-0.05, 0) is 46.6 Å². The predicted octanol–water partition coefficient (Wildman–Crippen LogP) is 4.40. The highest BCUT2D eigenvalue weighted by Gasteiger charge is 2.49. The number of fused-ring (bicyclic) bond motifs is 5. The van der Waals surface area contributed by atoms with Gasteiger partial charge in [-0.2, -0.15) is 0 Å².